The van der Waals surface area contributed by atoms with Crippen molar-refractivity contribution in [1.82, 2.24) is 4.57 Å². The van der Waals surface area contributed by atoms with Crippen LogP contribution in [0.2, 0.25) is 5.02 Å². The molecule has 1 aliphatic heterocycles. The van der Waals surface area contributed by atoms with Crippen LogP contribution in [0.3, 0.4) is 0 Å². The highest BCUT2D eigenvalue weighted by molar-refractivity contribution is 9.10. The van der Waals surface area contributed by atoms with Crippen LogP contribution in [0, 0.1) is 0 Å². The number of esters is 1. The first-order chi connectivity index (χ1) is 20.7. The van der Waals surface area contributed by atoms with Gasteiger partial charge in [0.25, 0.3) is 5.56 Å². The summed E-state index contributed by atoms with van der Waals surface area (Å²) in [4.78, 5) is 32.2. The number of carbonyl (C=O) groups excluding carboxylic acids is 1. The first-order valence-corrected chi connectivity index (χ1v) is 15.3. The second-order valence-corrected chi connectivity index (χ2v) is 11.8. The van der Waals surface area contributed by atoms with Crippen molar-refractivity contribution in [3.63, 3.8) is 0 Å². The van der Waals surface area contributed by atoms with Gasteiger partial charge in [-0.2, -0.15) is 0 Å². The number of hydrogen-bond donors (Lipinski definition) is 0. The molecule has 4 aromatic rings. The molecular formula is C32H28BrClN2O6S. The fourth-order valence-electron chi connectivity index (χ4n) is 4.77. The summed E-state index contributed by atoms with van der Waals surface area (Å²) >= 11 is 11.1. The summed E-state index contributed by atoms with van der Waals surface area (Å²) in [6, 6.07) is 17.6. The van der Waals surface area contributed by atoms with Crippen LogP contribution in [0.4, 0.5) is 0 Å². The first kappa shape index (κ1) is 30.6. The number of benzene rings is 3. The molecule has 43 heavy (non-hydrogen) atoms. The van der Waals surface area contributed by atoms with Crippen LogP contribution in [0.5, 0.6) is 17.2 Å². The minimum Gasteiger partial charge on any atom is -0.497 e. The van der Waals surface area contributed by atoms with Crippen LogP contribution in [-0.4, -0.2) is 31.4 Å². The van der Waals surface area contributed by atoms with Gasteiger partial charge in [-0.15, -0.1) is 0 Å². The second kappa shape index (κ2) is 13.2. The Labute approximate surface area is 265 Å². The van der Waals surface area contributed by atoms with Crippen molar-refractivity contribution < 1.29 is 23.7 Å². The van der Waals surface area contributed by atoms with E-state index in [1.165, 1.54) is 11.3 Å². The normalized spacial score (nSPS) is 14.7. The van der Waals surface area contributed by atoms with Crippen LogP contribution in [0.25, 0.3) is 6.08 Å². The predicted octanol–water partition coefficient (Wildman–Crippen LogP) is 5.81. The van der Waals surface area contributed by atoms with E-state index in [0.29, 0.717) is 52.9 Å². The number of nitrogens with zero attached hydrogens (tertiary/aromatic N) is 2. The maximum atomic E-state index is 14.0. The fourth-order valence-corrected chi connectivity index (χ4v) is 6.58. The van der Waals surface area contributed by atoms with Crippen LogP contribution >= 0.6 is 38.9 Å². The highest BCUT2D eigenvalue weighted by Gasteiger charge is 2.33. The molecule has 0 N–H and O–H groups in total. The predicted molar refractivity (Wildman–Crippen MR) is 170 cm³/mol. The number of carbonyl (C=O) groups is 1. The van der Waals surface area contributed by atoms with E-state index < -0.39 is 12.0 Å². The highest BCUT2D eigenvalue weighted by atomic mass is 79.9. The van der Waals surface area contributed by atoms with Crippen molar-refractivity contribution in [1.29, 1.82) is 0 Å². The molecule has 0 fully saturated rings. The van der Waals surface area contributed by atoms with E-state index in [1.54, 1.807) is 56.9 Å². The average Bonchev–Trinajstić information content (AvgIpc) is 3.30. The zero-order chi connectivity index (χ0) is 30.7. The van der Waals surface area contributed by atoms with Crippen molar-refractivity contribution in [3.8, 4) is 17.2 Å². The number of aromatic nitrogens is 1. The lowest BCUT2D eigenvalue weighted by Crippen LogP contribution is -2.39. The Balaban J connectivity index is 1.58. The van der Waals surface area contributed by atoms with Gasteiger partial charge in [-0.3, -0.25) is 9.36 Å². The summed E-state index contributed by atoms with van der Waals surface area (Å²) in [7, 11) is 3.13. The van der Waals surface area contributed by atoms with Gasteiger partial charge >= 0.3 is 5.97 Å². The standard InChI is InChI=1S/C32H28BrClN2O6S/c1-5-41-31(38)27-18(2)35-32-36(28(27)20-10-12-22(39-3)13-11-20)30(37)26(43-32)16-19-14-23(33)29(25(15-19)40-4)42-17-21-8-6-7-9-24(21)34/h6-16,28H,5,17H2,1-4H3/b26-16+. The number of allylic oxidation sites excluding steroid dienone is 1. The zero-order valence-electron chi connectivity index (χ0n) is 23.9. The maximum Gasteiger partial charge on any atom is 0.338 e. The molecule has 11 heteroatoms. The minimum absolute atomic E-state index is 0.199. The van der Waals surface area contributed by atoms with E-state index in [-0.39, 0.29) is 18.8 Å². The van der Waals surface area contributed by atoms with Crippen molar-refractivity contribution in [2.24, 2.45) is 4.99 Å². The number of rotatable bonds is 9. The monoisotopic (exact) mass is 682 g/mol. The molecule has 0 aliphatic carbocycles. The third-order valence-corrected chi connectivity index (χ3v) is 8.77. The molecule has 8 nitrogen and oxygen atoms in total. The molecule has 1 unspecified atom stereocenters. The Hall–Kier alpha value is -3.86. The number of hydrogen-bond acceptors (Lipinski definition) is 8. The SMILES string of the molecule is CCOC(=O)C1=C(C)N=c2s/c(=C/c3cc(Br)c(OCc4ccccc4Cl)c(OC)c3)c(=O)n2C1c1ccc(OC)cc1. The van der Waals surface area contributed by atoms with Crippen LogP contribution < -0.4 is 29.1 Å². The van der Waals surface area contributed by atoms with Crippen LogP contribution in [0.1, 0.15) is 36.6 Å². The van der Waals surface area contributed by atoms with Crippen LogP contribution in [0.15, 0.2) is 86.2 Å². The van der Waals surface area contributed by atoms with Crippen molar-refractivity contribution >= 4 is 50.9 Å². The lowest BCUT2D eigenvalue weighted by molar-refractivity contribution is -0.139. The Kier molecular flexibility index (Phi) is 9.39. The van der Waals surface area contributed by atoms with Crippen molar-refractivity contribution in [2.75, 3.05) is 20.8 Å². The summed E-state index contributed by atoms with van der Waals surface area (Å²) in [6.45, 7) is 3.94. The van der Waals surface area contributed by atoms with Gasteiger partial charge in [-0.25, -0.2) is 9.79 Å². The maximum absolute atomic E-state index is 14.0. The van der Waals surface area contributed by atoms with Gasteiger partial charge in [-0.1, -0.05) is 53.3 Å². The summed E-state index contributed by atoms with van der Waals surface area (Å²) in [5.41, 5.74) is 2.81. The molecule has 0 saturated heterocycles. The molecule has 1 atom stereocenters. The van der Waals surface area contributed by atoms with Crippen molar-refractivity contribution in [2.45, 2.75) is 26.5 Å². The van der Waals surface area contributed by atoms with Gasteiger partial charge in [0.15, 0.2) is 16.3 Å². The summed E-state index contributed by atoms with van der Waals surface area (Å²) in [5, 5.41) is 0.610. The quantitative estimate of drug-likeness (QED) is 0.207. The Morgan fingerprint density at radius 3 is 2.53 bits per heavy atom. The third-order valence-electron chi connectivity index (χ3n) is 6.83. The lowest BCUT2D eigenvalue weighted by Gasteiger charge is -2.24. The smallest absolute Gasteiger partial charge is 0.338 e. The topological polar surface area (TPSA) is 88.4 Å². The molecule has 0 amide bonds. The Morgan fingerprint density at radius 2 is 1.86 bits per heavy atom. The van der Waals surface area contributed by atoms with Gasteiger partial charge in [0.2, 0.25) is 0 Å². The van der Waals surface area contributed by atoms with E-state index in [0.717, 1.165) is 11.1 Å². The number of ether oxygens (including phenoxy) is 4. The summed E-state index contributed by atoms with van der Waals surface area (Å²) in [5.74, 6) is 1.14. The summed E-state index contributed by atoms with van der Waals surface area (Å²) < 4.78 is 25.0. The Bertz CT molecular complexity index is 1900. The number of halogens is 2. The first-order valence-electron chi connectivity index (χ1n) is 13.3. The summed E-state index contributed by atoms with van der Waals surface area (Å²) in [6.07, 6.45) is 1.77. The van der Waals surface area contributed by atoms with E-state index in [2.05, 4.69) is 20.9 Å². The molecule has 0 bridgehead atoms. The molecular weight excluding hydrogens is 656 g/mol. The number of fused-ring (bicyclic) bond motifs is 1. The van der Waals surface area contributed by atoms with Gasteiger partial charge in [-0.05, 0) is 77.3 Å². The molecule has 3 aromatic carbocycles. The molecule has 0 spiro atoms. The average molecular weight is 684 g/mol. The third kappa shape index (κ3) is 6.27. The van der Waals surface area contributed by atoms with Gasteiger partial charge in [0, 0.05) is 10.6 Å². The molecule has 5 rings (SSSR count). The molecule has 1 aromatic heterocycles. The molecule has 2 heterocycles. The molecule has 222 valence electrons. The van der Waals surface area contributed by atoms with E-state index in [1.807, 2.05) is 42.5 Å². The highest BCUT2D eigenvalue weighted by Crippen LogP contribution is 2.38. The Morgan fingerprint density at radius 1 is 1.12 bits per heavy atom. The van der Waals surface area contributed by atoms with E-state index >= 15 is 0 Å². The molecule has 0 saturated carbocycles. The zero-order valence-corrected chi connectivity index (χ0v) is 27.0. The largest absolute Gasteiger partial charge is 0.497 e. The van der Waals surface area contributed by atoms with E-state index in [9.17, 15) is 9.59 Å². The van der Waals surface area contributed by atoms with E-state index in [4.69, 9.17) is 30.5 Å². The number of thiazole rings is 1. The van der Waals surface area contributed by atoms with Crippen molar-refractivity contribution in [3.05, 3.63) is 118 Å². The fraction of sp³-hybridized carbons (Fsp3) is 0.219. The second-order valence-electron chi connectivity index (χ2n) is 9.49. The molecule has 0 radical (unpaired) electrons. The van der Waals surface area contributed by atoms with Gasteiger partial charge < -0.3 is 18.9 Å². The minimum atomic E-state index is -0.717. The van der Waals surface area contributed by atoms with Gasteiger partial charge in [0.05, 0.1) is 47.1 Å². The number of methoxy groups -OCH3 is 2. The van der Waals surface area contributed by atoms with Gasteiger partial charge in [0.1, 0.15) is 12.4 Å². The molecule has 1 aliphatic rings. The van der Waals surface area contributed by atoms with Crippen LogP contribution in [-0.2, 0) is 16.1 Å². The lowest BCUT2D eigenvalue weighted by atomic mass is 9.96.